The van der Waals surface area contributed by atoms with Crippen LogP contribution in [-0.4, -0.2) is 71.6 Å². The van der Waals surface area contributed by atoms with Gasteiger partial charge >= 0.3 is 0 Å². The van der Waals surface area contributed by atoms with Crippen molar-refractivity contribution >= 4 is 23.6 Å². The largest absolute Gasteiger partial charge is 0.497 e. The van der Waals surface area contributed by atoms with Gasteiger partial charge in [-0.2, -0.15) is 11.8 Å². The lowest BCUT2D eigenvalue weighted by Crippen LogP contribution is -2.48. The Kier molecular flexibility index (Phi) is 4.39. The highest BCUT2D eigenvalue weighted by atomic mass is 32.2. The number of fused-ring (bicyclic) bond motifs is 1. The maximum Gasteiger partial charge on any atom is 0.230 e. The number of ether oxygens (including phenoxy) is 2. The van der Waals surface area contributed by atoms with Crippen LogP contribution in [0.25, 0.3) is 0 Å². The molecule has 3 saturated heterocycles. The van der Waals surface area contributed by atoms with Crippen molar-refractivity contribution in [3.63, 3.8) is 0 Å². The van der Waals surface area contributed by atoms with E-state index in [0.717, 1.165) is 35.9 Å². The molecule has 0 aromatic heterocycles. The van der Waals surface area contributed by atoms with Gasteiger partial charge in [-0.3, -0.25) is 9.59 Å². The molecule has 4 aliphatic heterocycles. The van der Waals surface area contributed by atoms with Gasteiger partial charge in [-0.1, -0.05) is 24.3 Å². The smallest absolute Gasteiger partial charge is 0.230 e. The normalized spacial score (nSPS) is 33.5. The fourth-order valence-corrected chi connectivity index (χ4v) is 5.88. The minimum absolute atomic E-state index is 0.0272. The molecule has 0 radical (unpaired) electrons. The van der Waals surface area contributed by atoms with Crippen LogP contribution in [0, 0.1) is 11.8 Å². The molecule has 0 saturated carbocycles. The zero-order valence-corrected chi connectivity index (χ0v) is 16.7. The van der Waals surface area contributed by atoms with Crippen LogP contribution >= 0.6 is 11.8 Å². The Bertz CT molecular complexity index is 837. The average Bonchev–Trinajstić information content (AvgIpc) is 3.37. The second-order valence-electron chi connectivity index (χ2n) is 7.88. The monoisotopic (exact) mass is 400 g/mol. The molecule has 1 aromatic rings. The Morgan fingerprint density at radius 2 is 2.18 bits per heavy atom. The topological polar surface area (TPSA) is 59.1 Å². The van der Waals surface area contributed by atoms with Gasteiger partial charge in [0, 0.05) is 31.1 Å². The average molecular weight is 401 g/mol. The van der Waals surface area contributed by atoms with Gasteiger partial charge in [0.2, 0.25) is 11.8 Å². The van der Waals surface area contributed by atoms with Gasteiger partial charge in [-0.15, -0.1) is 0 Å². The zero-order valence-electron chi connectivity index (χ0n) is 15.9. The molecule has 28 heavy (non-hydrogen) atoms. The summed E-state index contributed by atoms with van der Waals surface area (Å²) in [4.78, 5) is 30.3. The summed E-state index contributed by atoms with van der Waals surface area (Å²) >= 11 is 1.87. The third-order valence-electron chi connectivity index (χ3n) is 6.29. The third kappa shape index (κ3) is 2.75. The minimum atomic E-state index is -0.647. The van der Waals surface area contributed by atoms with E-state index >= 15 is 0 Å². The summed E-state index contributed by atoms with van der Waals surface area (Å²) in [5, 5.41) is 0. The van der Waals surface area contributed by atoms with E-state index in [-0.39, 0.29) is 17.9 Å². The molecule has 0 aliphatic carbocycles. The summed E-state index contributed by atoms with van der Waals surface area (Å²) in [5.41, 5.74) is 0.365. The molecule has 148 valence electrons. The minimum Gasteiger partial charge on any atom is -0.497 e. The molecule has 0 N–H and O–H groups in total. The van der Waals surface area contributed by atoms with Gasteiger partial charge in [-0.25, -0.2) is 0 Å². The van der Waals surface area contributed by atoms with Crippen molar-refractivity contribution in [3.8, 4) is 5.75 Å². The van der Waals surface area contributed by atoms with Gasteiger partial charge in [-0.05, 0) is 17.7 Å². The van der Waals surface area contributed by atoms with Gasteiger partial charge in [0.1, 0.15) is 11.4 Å². The van der Waals surface area contributed by atoms with Crippen LogP contribution in [0.3, 0.4) is 0 Å². The van der Waals surface area contributed by atoms with Gasteiger partial charge in [0.05, 0.1) is 31.6 Å². The molecule has 7 heteroatoms. The first-order valence-corrected chi connectivity index (χ1v) is 10.9. The summed E-state index contributed by atoms with van der Waals surface area (Å²) in [6.07, 6.45) is 3.73. The van der Waals surface area contributed by atoms with Crippen LogP contribution < -0.4 is 4.74 Å². The fourth-order valence-electron chi connectivity index (χ4n) is 4.98. The third-order valence-corrected chi connectivity index (χ3v) is 7.24. The summed E-state index contributed by atoms with van der Waals surface area (Å²) < 4.78 is 11.5. The van der Waals surface area contributed by atoms with Gasteiger partial charge in [0.15, 0.2) is 0 Å². The highest BCUT2D eigenvalue weighted by Crippen LogP contribution is 2.52. The maximum atomic E-state index is 13.3. The predicted octanol–water partition coefficient (Wildman–Crippen LogP) is 1.55. The van der Waals surface area contributed by atoms with Crippen LogP contribution in [0.4, 0.5) is 0 Å². The number of carbonyl (C=O) groups excluding carboxylic acids is 2. The summed E-state index contributed by atoms with van der Waals surface area (Å²) in [5.74, 6) is 2.01. The summed E-state index contributed by atoms with van der Waals surface area (Å²) in [6.45, 7) is 2.52. The van der Waals surface area contributed by atoms with E-state index in [1.165, 1.54) is 0 Å². The number of hydrogen-bond acceptors (Lipinski definition) is 5. The number of hydrogen-bond donors (Lipinski definition) is 0. The second kappa shape index (κ2) is 6.81. The van der Waals surface area contributed by atoms with Crippen molar-refractivity contribution in [1.82, 2.24) is 9.80 Å². The van der Waals surface area contributed by atoms with Gasteiger partial charge < -0.3 is 19.3 Å². The van der Waals surface area contributed by atoms with E-state index in [4.69, 9.17) is 9.47 Å². The first-order valence-electron chi connectivity index (χ1n) is 9.77. The SMILES string of the molecule is COc1cccc(CN2C[C@]34C=C[C@H](O3)[C@@H](C(=O)N3CCSCC3)[C@@H]4C2=O)c1. The van der Waals surface area contributed by atoms with Crippen molar-refractivity contribution in [1.29, 1.82) is 0 Å². The molecule has 6 nitrogen and oxygen atoms in total. The lowest BCUT2D eigenvalue weighted by molar-refractivity contribution is -0.143. The quantitative estimate of drug-likeness (QED) is 0.718. The highest BCUT2D eigenvalue weighted by Gasteiger charge is 2.67. The van der Waals surface area contributed by atoms with Crippen LogP contribution in [0.5, 0.6) is 5.75 Å². The van der Waals surface area contributed by atoms with Crippen molar-refractivity contribution in [2.24, 2.45) is 11.8 Å². The number of carbonyl (C=O) groups is 2. The van der Waals surface area contributed by atoms with Crippen LogP contribution in [-0.2, 0) is 20.9 Å². The van der Waals surface area contributed by atoms with Crippen LogP contribution in [0.2, 0.25) is 0 Å². The first kappa shape index (κ1) is 18.1. The second-order valence-corrected chi connectivity index (χ2v) is 9.11. The number of amides is 2. The number of nitrogens with zero attached hydrogens (tertiary/aromatic N) is 2. The molecule has 1 spiro atoms. The fraction of sp³-hybridized carbons (Fsp3) is 0.524. The first-order chi connectivity index (χ1) is 13.6. The van der Waals surface area contributed by atoms with Crippen LogP contribution in [0.15, 0.2) is 36.4 Å². The molecule has 0 unspecified atom stereocenters. The number of methoxy groups -OCH3 is 1. The number of rotatable bonds is 4. The lowest BCUT2D eigenvalue weighted by atomic mass is 9.76. The van der Waals surface area contributed by atoms with Crippen molar-refractivity contribution in [3.05, 3.63) is 42.0 Å². The van der Waals surface area contributed by atoms with Crippen molar-refractivity contribution in [2.75, 3.05) is 38.2 Å². The molecule has 2 amide bonds. The Morgan fingerprint density at radius 3 is 2.96 bits per heavy atom. The van der Waals surface area contributed by atoms with Crippen molar-refractivity contribution in [2.45, 2.75) is 18.2 Å². The molecule has 5 rings (SSSR count). The predicted molar refractivity (Wildman–Crippen MR) is 106 cm³/mol. The Morgan fingerprint density at radius 1 is 1.36 bits per heavy atom. The molecular weight excluding hydrogens is 376 g/mol. The van der Waals surface area contributed by atoms with E-state index in [9.17, 15) is 9.59 Å². The zero-order chi connectivity index (χ0) is 19.3. The molecule has 3 fully saturated rings. The molecule has 1 aromatic carbocycles. The van der Waals surface area contributed by atoms with Crippen molar-refractivity contribution < 1.29 is 19.1 Å². The molecule has 2 bridgehead atoms. The van der Waals surface area contributed by atoms with E-state index < -0.39 is 17.4 Å². The maximum absolute atomic E-state index is 13.3. The number of benzene rings is 1. The molecule has 4 heterocycles. The molecular formula is C21H24N2O4S. The molecule has 4 aliphatic rings. The highest BCUT2D eigenvalue weighted by molar-refractivity contribution is 7.99. The van der Waals surface area contributed by atoms with E-state index in [1.807, 2.05) is 58.0 Å². The standard InChI is InChI=1S/C21H24N2O4S/c1-26-15-4-2-3-14(11-15)12-23-13-21-6-5-16(27-21)17(18(21)20(23)25)19(24)22-7-9-28-10-8-22/h2-6,11,16-18H,7-10,12-13H2,1H3/t16-,17+,18+,21-/m0/s1. The van der Waals surface area contributed by atoms with E-state index in [0.29, 0.717) is 13.1 Å². The van der Waals surface area contributed by atoms with E-state index in [1.54, 1.807) is 7.11 Å². The van der Waals surface area contributed by atoms with Gasteiger partial charge in [0.25, 0.3) is 0 Å². The Balaban J connectivity index is 1.38. The van der Waals surface area contributed by atoms with Crippen LogP contribution in [0.1, 0.15) is 5.56 Å². The van der Waals surface area contributed by atoms with E-state index in [2.05, 4.69) is 0 Å². The lowest BCUT2D eigenvalue weighted by Gasteiger charge is -2.32. The number of likely N-dealkylation sites (tertiary alicyclic amines) is 1. The Labute approximate surface area is 168 Å². The molecule has 4 atom stereocenters. The summed E-state index contributed by atoms with van der Waals surface area (Å²) in [6, 6.07) is 7.75. The summed E-state index contributed by atoms with van der Waals surface area (Å²) in [7, 11) is 1.64. The number of thioether (sulfide) groups is 1. The Hall–Kier alpha value is -1.99.